The Hall–Kier alpha value is -2.21. The average Bonchev–Trinajstić information content (AvgIpc) is 3.01. The van der Waals surface area contributed by atoms with E-state index in [2.05, 4.69) is 15.6 Å². The molecule has 1 atom stereocenters. The zero-order valence-electron chi connectivity index (χ0n) is 13.9. The molecule has 2 aromatic rings. The lowest BCUT2D eigenvalue weighted by atomic mass is 10.0. The number of hydrogen-bond donors (Lipinski definition) is 2. The van der Waals surface area contributed by atoms with Crippen LogP contribution in [0.2, 0.25) is 0 Å². The number of carbonyl (C=O) groups is 2. The highest BCUT2D eigenvalue weighted by molar-refractivity contribution is 7.11. The zero-order valence-corrected chi connectivity index (χ0v) is 14.7. The molecule has 0 saturated heterocycles. The predicted molar refractivity (Wildman–Crippen MR) is 95.1 cm³/mol. The second kappa shape index (κ2) is 7.13. The lowest BCUT2D eigenvalue weighted by Gasteiger charge is -2.11. The summed E-state index contributed by atoms with van der Waals surface area (Å²) in [7, 11) is 0. The summed E-state index contributed by atoms with van der Waals surface area (Å²) in [6.45, 7) is 3.83. The monoisotopic (exact) mass is 343 g/mol. The van der Waals surface area contributed by atoms with Crippen LogP contribution >= 0.6 is 11.3 Å². The van der Waals surface area contributed by atoms with Crippen molar-refractivity contribution in [2.24, 2.45) is 0 Å². The first-order valence-electron chi connectivity index (χ1n) is 8.20. The number of aryl methyl sites for hydroxylation is 3. The van der Waals surface area contributed by atoms with Gasteiger partial charge in [-0.3, -0.25) is 9.59 Å². The number of carbonyl (C=O) groups excluding carboxylic acids is 2. The number of anilines is 1. The van der Waals surface area contributed by atoms with Gasteiger partial charge in [0.05, 0.1) is 11.7 Å². The number of nitrogens with zero attached hydrogens (tertiary/aromatic N) is 1. The van der Waals surface area contributed by atoms with Gasteiger partial charge in [-0.15, -0.1) is 11.3 Å². The molecule has 0 fully saturated rings. The Morgan fingerprint density at radius 1 is 1.12 bits per heavy atom. The van der Waals surface area contributed by atoms with Crippen molar-refractivity contribution in [1.82, 2.24) is 10.3 Å². The van der Waals surface area contributed by atoms with Crippen molar-refractivity contribution in [1.29, 1.82) is 0 Å². The summed E-state index contributed by atoms with van der Waals surface area (Å²) in [6, 6.07) is 7.06. The van der Waals surface area contributed by atoms with Gasteiger partial charge in [-0.2, -0.15) is 0 Å². The molecule has 1 aromatic carbocycles. The second-order valence-electron chi connectivity index (χ2n) is 6.14. The Labute approximate surface area is 145 Å². The van der Waals surface area contributed by atoms with E-state index in [9.17, 15) is 9.59 Å². The smallest absolute Gasteiger partial charge is 0.313 e. The Bertz CT molecular complexity index is 729. The van der Waals surface area contributed by atoms with E-state index in [0.717, 1.165) is 29.1 Å². The minimum Gasteiger partial charge on any atom is -0.339 e. The number of nitrogens with one attached hydrogen (secondary N) is 2. The van der Waals surface area contributed by atoms with E-state index in [-0.39, 0.29) is 6.04 Å². The van der Waals surface area contributed by atoms with Crippen molar-refractivity contribution < 1.29 is 9.59 Å². The highest BCUT2D eigenvalue weighted by Crippen LogP contribution is 2.29. The molecule has 1 heterocycles. The summed E-state index contributed by atoms with van der Waals surface area (Å²) in [4.78, 5) is 30.1. The number of thiazole rings is 1. The van der Waals surface area contributed by atoms with Crippen molar-refractivity contribution in [3.05, 3.63) is 45.4 Å². The molecule has 0 bridgehead atoms. The maximum Gasteiger partial charge on any atom is 0.313 e. The number of aromatic nitrogens is 1. The van der Waals surface area contributed by atoms with Crippen LogP contribution in [-0.4, -0.2) is 16.8 Å². The van der Waals surface area contributed by atoms with E-state index in [1.807, 2.05) is 26.0 Å². The van der Waals surface area contributed by atoms with E-state index in [1.54, 1.807) is 23.5 Å². The van der Waals surface area contributed by atoms with Gasteiger partial charge >= 0.3 is 11.8 Å². The molecule has 0 unspecified atom stereocenters. The number of hydrogen-bond acceptors (Lipinski definition) is 4. The third-order valence-electron chi connectivity index (χ3n) is 4.10. The third kappa shape index (κ3) is 3.82. The Kier molecular flexibility index (Phi) is 4.94. The molecule has 0 radical (unpaired) electrons. The quantitative estimate of drug-likeness (QED) is 0.841. The fourth-order valence-electron chi connectivity index (χ4n) is 2.71. The van der Waals surface area contributed by atoms with Gasteiger partial charge in [0.2, 0.25) is 0 Å². The van der Waals surface area contributed by atoms with Gasteiger partial charge in [0, 0.05) is 10.6 Å². The largest absolute Gasteiger partial charge is 0.339 e. The first kappa shape index (κ1) is 16.6. The van der Waals surface area contributed by atoms with Gasteiger partial charge in [0.25, 0.3) is 0 Å². The number of fused-ring (bicyclic) bond motifs is 1. The number of amides is 2. The molecular formula is C18H21N3O2S. The van der Waals surface area contributed by atoms with Crippen LogP contribution < -0.4 is 10.6 Å². The molecule has 6 heteroatoms. The van der Waals surface area contributed by atoms with Crippen LogP contribution in [-0.2, 0) is 22.4 Å². The molecule has 126 valence electrons. The lowest BCUT2D eigenvalue weighted by Crippen LogP contribution is -2.36. The normalized spacial score (nSPS) is 14.6. The van der Waals surface area contributed by atoms with E-state index in [4.69, 9.17) is 0 Å². The van der Waals surface area contributed by atoms with Gasteiger partial charge in [0.1, 0.15) is 5.01 Å². The molecule has 2 amide bonds. The first-order valence-corrected chi connectivity index (χ1v) is 9.01. The fraction of sp³-hybridized carbons (Fsp3) is 0.389. The van der Waals surface area contributed by atoms with Crippen LogP contribution in [0.4, 0.5) is 5.69 Å². The van der Waals surface area contributed by atoms with E-state index in [1.165, 1.54) is 17.7 Å². The molecular weight excluding hydrogens is 322 g/mol. The highest BCUT2D eigenvalue weighted by Gasteiger charge is 2.22. The second-order valence-corrected chi connectivity index (χ2v) is 7.26. The first-order chi connectivity index (χ1) is 11.5. The van der Waals surface area contributed by atoms with Crippen LogP contribution in [0.3, 0.4) is 0 Å². The summed E-state index contributed by atoms with van der Waals surface area (Å²) in [6.07, 6.45) is 4.46. The average molecular weight is 343 g/mol. The van der Waals surface area contributed by atoms with Crippen LogP contribution in [0.25, 0.3) is 0 Å². The van der Waals surface area contributed by atoms with Gasteiger partial charge in [-0.25, -0.2) is 4.98 Å². The molecule has 24 heavy (non-hydrogen) atoms. The van der Waals surface area contributed by atoms with E-state index in [0.29, 0.717) is 5.69 Å². The maximum atomic E-state index is 12.1. The Morgan fingerprint density at radius 2 is 1.83 bits per heavy atom. The van der Waals surface area contributed by atoms with Crippen LogP contribution in [0, 0.1) is 6.92 Å². The highest BCUT2D eigenvalue weighted by atomic mass is 32.1. The predicted octanol–water partition coefficient (Wildman–Crippen LogP) is 3.15. The minimum atomic E-state index is -0.660. The van der Waals surface area contributed by atoms with Gasteiger partial charge < -0.3 is 10.6 Å². The summed E-state index contributed by atoms with van der Waals surface area (Å²) < 4.78 is 0. The van der Waals surface area contributed by atoms with Crippen LogP contribution in [0.15, 0.2) is 24.3 Å². The molecule has 0 aliphatic heterocycles. The van der Waals surface area contributed by atoms with Crippen molar-refractivity contribution >= 4 is 28.8 Å². The SMILES string of the molecule is Cc1ccc(NC(=O)C(=O)N[C@H](C)c2nc3c(s2)CCCC3)cc1. The van der Waals surface area contributed by atoms with Crippen molar-refractivity contribution in [3.8, 4) is 0 Å². The summed E-state index contributed by atoms with van der Waals surface area (Å²) >= 11 is 1.65. The molecule has 1 aromatic heterocycles. The van der Waals surface area contributed by atoms with Crippen molar-refractivity contribution in [2.45, 2.75) is 45.6 Å². The van der Waals surface area contributed by atoms with Gasteiger partial charge in [-0.1, -0.05) is 17.7 Å². The molecule has 1 aliphatic rings. The fourth-order valence-corrected chi connectivity index (χ4v) is 3.86. The standard InChI is InChI=1S/C18H21N3O2S/c1-11-7-9-13(10-8-11)20-17(23)16(22)19-12(2)18-21-14-5-3-4-6-15(14)24-18/h7-10,12H,3-6H2,1-2H3,(H,19,22)(H,20,23)/t12-/m1/s1. The van der Waals surface area contributed by atoms with Crippen molar-refractivity contribution in [3.63, 3.8) is 0 Å². The summed E-state index contributed by atoms with van der Waals surface area (Å²) in [5, 5.41) is 6.21. The molecule has 2 N–H and O–H groups in total. The summed E-state index contributed by atoms with van der Waals surface area (Å²) in [5.41, 5.74) is 2.86. The lowest BCUT2D eigenvalue weighted by molar-refractivity contribution is -0.136. The zero-order chi connectivity index (χ0) is 17.1. The Balaban J connectivity index is 1.60. The van der Waals surface area contributed by atoms with E-state index >= 15 is 0 Å². The summed E-state index contributed by atoms with van der Waals surface area (Å²) in [5.74, 6) is -1.30. The maximum absolute atomic E-state index is 12.1. The minimum absolute atomic E-state index is 0.267. The molecule has 5 nitrogen and oxygen atoms in total. The van der Waals surface area contributed by atoms with Crippen LogP contribution in [0.1, 0.15) is 46.9 Å². The molecule has 3 rings (SSSR count). The number of benzene rings is 1. The molecule has 0 spiro atoms. The van der Waals surface area contributed by atoms with Gasteiger partial charge in [0.15, 0.2) is 0 Å². The van der Waals surface area contributed by atoms with E-state index < -0.39 is 11.8 Å². The number of rotatable bonds is 3. The molecule has 0 saturated carbocycles. The van der Waals surface area contributed by atoms with Gasteiger partial charge in [-0.05, 0) is 51.7 Å². The topological polar surface area (TPSA) is 71.1 Å². The van der Waals surface area contributed by atoms with Crippen molar-refractivity contribution in [2.75, 3.05) is 5.32 Å². The Morgan fingerprint density at radius 3 is 2.54 bits per heavy atom. The third-order valence-corrected chi connectivity index (χ3v) is 5.44. The molecule has 1 aliphatic carbocycles. The van der Waals surface area contributed by atoms with Crippen LogP contribution in [0.5, 0.6) is 0 Å².